The van der Waals surface area contributed by atoms with Crippen LogP contribution in [0.2, 0.25) is 0 Å². The van der Waals surface area contributed by atoms with Crippen LogP contribution in [0.5, 0.6) is 0 Å². The molecule has 1 aromatic rings. The van der Waals surface area contributed by atoms with Crippen LogP contribution in [0, 0.1) is 0 Å². The van der Waals surface area contributed by atoms with Gasteiger partial charge < -0.3 is 4.90 Å². The zero-order valence-electron chi connectivity index (χ0n) is 21.8. The minimum Gasteiger partial charge on any atom is -0.353 e. The standard InChI is InChI=1S/C11H15BrN2/c1-9-5-2-3-8-14(9)11-10(12)6-4-7-13-11/h4,6-7,9H,2-3,5,8H2,1H3/i1D3,2D2,3D2,4D,5D2,6D,7D,8D2,9D. The van der Waals surface area contributed by atoms with Gasteiger partial charge in [0.2, 0.25) is 0 Å². The molecule has 2 nitrogen and oxygen atoms in total. The Balaban J connectivity index is 3.09. The molecule has 1 atom stereocenters. The number of nitrogens with zero attached hydrogens (tertiary/aromatic N) is 2. The van der Waals surface area contributed by atoms with Crippen molar-refractivity contribution in [3.63, 3.8) is 0 Å². The molecule has 76 valence electrons. The zero-order chi connectivity index (χ0) is 23.2. The summed E-state index contributed by atoms with van der Waals surface area (Å²) in [5.41, 5.74) is 0. The van der Waals surface area contributed by atoms with Crippen molar-refractivity contribution in [2.24, 2.45) is 0 Å². The van der Waals surface area contributed by atoms with Crippen LogP contribution in [-0.4, -0.2) is 17.5 Å². The molecule has 0 radical (unpaired) electrons. The number of aromatic nitrogens is 1. The van der Waals surface area contributed by atoms with E-state index in [0.717, 1.165) is 0 Å². The second kappa shape index (κ2) is 4.30. The molecule has 0 aliphatic carbocycles. The molecule has 0 aromatic carbocycles. The van der Waals surface area contributed by atoms with Crippen LogP contribution >= 0.6 is 15.9 Å². The van der Waals surface area contributed by atoms with E-state index in [2.05, 4.69) is 20.9 Å². The maximum atomic E-state index is 8.46. The predicted octanol–water partition coefficient (Wildman–Crippen LogP) is 3.22. The van der Waals surface area contributed by atoms with Crippen LogP contribution in [0.4, 0.5) is 5.82 Å². The van der Waals surface area contributed by atoms with Gasteiger partial charge in [-0.1, -0.05) is 0 Å². The fraction of sp³-hybridized carbons (Fsp3) is 0.545. The Kier molecular flexibility index (Phi) is 0.736. The molecule has 0 spiro atoms. The van der Waals surface area contributed by atoms with Crippen LogP contribution in [0.25, 0.3) is 0 Å². The highest BCUT2D eigenvalue weighted by Gasteiger charge is 2.20. The topological polar surface area (TPSA) is 16.1 Å². The van der Waals surface area contributed by atoms with E-state index in [1.165, 1.54) is 0 Å². The molecule has 1 aliphatic heterocycles. The van der Waals surface area contributed by atoms with Gasteiger partial charge in [-0.15, -0.1) is 0 Å². The second-order valence-corrected chi connectivity index (χ2v) is 3.08. The van der Waals surface area contributed by atoms with E-state index in [9.17, 15) is 0 Å². The monoisotopic (exact) mass is 269 g/mol. The normalized spacial score (nSPS) is 58.6. The van der Waals surface area contributed by atoms with E-state index in [0.29, 0.717) is 0 Å². The summed E-state index contributed by atoms with van der Waals surface area (Å²) in [6, 6.07) is -5.25. The number of rotatable bonds is 1. The molecule has 0 N–H and O–H groups in total. The zero-order valence-corrected chi connectivity index (χ0v) is 8.36. The molecule has 14 heavy (non-hydrogen) atoms. The van der Waals surface area contributed by atoms with Gasteiger partial charge in [0, 0.05) is 33.8 Å². The molecule has 0 saturated carbocycles. The van der Waals surface area contributed by atoms with Gasteiger partial charge in [0.05, 0.1) is 9.96 Å². The minimum atomic E-state index is -3.83. The Hall–Kier alpha value is -0.570. The van der Waals surface area contributed by atoms with Crippen molar-refractivity contribution in [3.8, 4) is 0 Å². The highest BCUT2D eigenvalue weighted by atomic mass is 79.9. The average Bonchev–Trinajstić information content (AvgIpc) is 2.54. The number of pyridine rings is 1. The summed E-state index contributed by atoms with van der Waals surface area (Å²) in [4.78, 5) is 3.33. The molecule has 1 aliphatic rings. The van der Waals surface area contributed by atoms with Crippen LogP contribution in [-0.2, 0) is 0 Å². The molecule has 2 rings (SSSR count). The SMILES string of the molecule is [2H]c1nc(N2C([2H])([2H])C([2H])([2H])C([2H])([2H])C([2H])([2H])C2([2H])C([2H])([2H])[2H])c(Br)c([2H])c1[2H]. The Labute approximate surface area is 115 Å². The van der Waals surface area contributed by atoms with E-state index in [1.807, 2.05) is 0 Å². The van der Waals surface area contributed by atoms with Crippen molar-refractivity contribution < 1.29 is 20.6 Å². The third kappa shape index (κ3) is 1.92. The molecule has 3 heteroatoms. The second-order valence-electron chi connectivity index (χ2n) is 2.28. The Morgan fingerprint density at radius 1 is 1.86 bits per heavy atom. The van der Waals surface area contributed by atoms with Gasteiger partial charge in [0.1, 0.15) is 5.82 Å². The number of piperidine rings is 1. The van der Waals surface area contributed by atoms with Gasteiger partial charge in [0.15, 0.2) is 0 Å². The fourth-order valence-electron chi connectivity index (χ4n) is 0.862. The molecule has 1 fully saturated rings. The molecule has 0 bridgehead atoms. The highest BCUT2D eigenvalue weighted by Crippen LogP contribution is 2.28. The van der Waals surface area contributed by atoms with E-state index in [1.54, 1.807) is 0 Å². The first-order valence-corrected chi connectivity index (χ1v) is 4.35. The lowest BCUT2D eigenvalue weighted by Gasteiger charge is -2.34. The summed E-state index contributed by atoms with van der Waals surface area (Å²) in [7, 11) is 0. The summed E-state index contributed by atoms with van der Waals surface area (Å²) in [5.74, 6) is -0.977. The summed E-state index contributed by atoms with van der Waals surface area (Å²) in [6.07, 6.45) is -12.2. The Bertz CT molecular complexity index is 850. The van der Waals surface area contributed by atoms with E-state index >= 15 is 0 Å². The lowest BCUT2D eigenvalue weighted by atomic mass is 10.0. The molecular weight excluding hydrogens is 240 g/mol. The molecule has 1 aromatic heterocycles. The van der Waals surface area contributed by atoms with Crippen LogP contribution in [0.3, 0.4) is 0 Å². The first-order valence-electron chi connectivity index (χ1n) is 11.1. The summed E-state index contributed by atoms with van der Waals surface area (Å²) < 4.78 is 118. The fourth-order valence-corrected chi connectivity index (χ4v) is 1.23. The summed E-state index contributed by atoms with van der Waals surface area (Å²) >= 11 is 2.81. The maximum Gasteiger partial charge on any atom is 0.143 e. The third-order valence-electron chi connectivity index (χ3n) is 1.43. The van der Waals surface area contributed by atoms with Crippen molar-refractivity contribution in [3.05, 3.63) is 22.7 Å². The quantitative estimate of drug-likeness (QED) is 0.779. The first kappa shape index (κ1) is 2.40. The van der Waals surface area contributed by atoms with Crippen LogP contribution in [0.15, 0.2) is 22.7 Å². The molecule has 2 heterocycles. The molecule has 1 saturated heterocycles. The van der Waals surface area contributed by atoms with Crippen molar-refractivity contribution in [2.75, 3.05) is 11.4 Å². The average molecular weight is 270 g/mol. The molecule has 1 unspecified atom stereocenters. The third-order valence-corrected chi connectivity index (χ3v) is 1.99. The van der Waals surface area contributed by atoms with Gasteiger partial charge in [-0.05, 0) is 54.0 Å². The van der Waals surface area contributed by atoms with Crippen molar-refractivity contribution >= 4 is 21.7 Å². The van der Waals surface area contributed by atoms with Gasteiger partial charge >= 0.3 is 0 Å². The smallest absolute Gasteiger partial charge is 0.143 e. The molecule has 0 amide bonds. The van der Waals surface area contributed by atoms with Crippen molar-refractivity contribution in [2.45, 2.75) is 32.0 Å². The van der Waals surface area contributed by atoms with Gasteiger partial charge in [-0.25, -0.2) is 4.98 Å². The maximum absolute atomic E-state index is 8.46. The highest BCUT2D eigenvalue weighted by molar-refractivity contribution is 9.10. The largest absolute Gasteiger partial charge is 0.353 e. The first-order chi connectivity index (χ1) is 12.6. The minimum absolute atomic E-state index is 0.187. The Morgan fingerprint density at radius 3 is 3.64 bits per heavy atom. The van der Waals surface area contributed by atoms with Crippen LogP contribution in [0.1, 0.15) is 46.5 Å². The van der Waals surface area contributed by atoms with E-state index in [-0.39, 0.29) is 4.90 Å². The predicted molar refractivity (Wildman–Crippen MR) is 62.6 cm³/mol. The number of halogens is 1. The lowest BCUT2D eigenvalue weighted by Crippen LogP contribution is -2.38. The molecular formula is C11H15BrN2. The van der Waals surface area contributed by atoms with Crippen molar-refractivity contribution in [1.29, 1.82) is 0 Å². The summed E-state index contributed by atoms with van der Waals surface area (Å²) in [5, 5.41) is 0. The van der Waals surface area contributed by atoms with Crippen LogP contribution < -0.4 is 4.90 Å². The number of hydrogen-bond donors (Lipinski definition) is 0. The van der Waals surface area contributed by atoms with Gasteiger partial charge in [-0.2, -0.15) is 0 Å². The van der Waals surface area contributed by atoms with Gasteiger partial charge in [-0.3, -0.25) is 0 Å². The number of hydrogen-bond acceptors (Lipinski definition) is 2. The lowest BCUT2D eigenvalue weighted by molar-refractivity contribution is 0.480. The summed E-state index contributed by atoms with van der Waals surface area (Å²) in [6.45, 7) is -7.41. The van der Waals surface area contributed by atoms with E-state index in [4.69, 9.17) is 20.6 Å². The Morgan fingerprint density at radius 2 is 2.79 bits per heavy atom. The van der Waals surface area contributed by atoms with E-state index < -0.39 is 67.0 Å². The van der Waals surface area contributed by atoms with Gasteiger partial charge in [0.25, 0.3) is 0 Å². The number of anilines is 1. The van der Waals surface area contributed by atoms with Crippen molar-refractivity contribution in [1.82, 2.24) is 4.98 Å².